The maximum atomic E-state index is 11.6. The van der Waals surface area contributed by atoms with Gasteiger partial charge < -0.3 is 0 Å². The molecule has 0 aliphatic heterocycles. The molecule has 0 aliphatic rings. The summed E-state index contributed by atoms with van der Waals surface area (Å²) in [6, 6.07) is 9.67. The Hall–Kier alpha value is -0.100. The van der Waals surface area contributed by atoms with Crippen LogP contribution in [0, 0.1) is 0 Å². The van der Waals surface area contributed by atoms with E-state index < -0.39 is 12.8 Å². The molecule has 0 spiro atoms. The Morgan fingerprint density at radius 3 is 2.36 bits per heavy atom. The van der Waals surface area contributed by atoms with E-state index in [0.717, 1.165) is 11.5 Å². The smallest absolute Gasteiger partial charge is 0.191 e. The van der Waals surface area contributed by atoms with Gasteiger partial charge in [0.2, 0.25) is 0 Å². The molecule has 0 amide bonds. The van der Waals surface area contributed by atoms with Crippen molar-refractivity contribution in [2.75, 3.05) is 6.16 Å². The van der Waals surface area contributed by atoms with Gasteiger partial charge in [-0.25, -0.2) is 0 Å². The van der Waals surface area contributed by atoms with Crippen LogP contribution in [0.3, 0.4) is 0 Å². The van der Waals surface area contributed by atoms with Gasteiger partial charge in [0.05, 0.1) is 0 Å². The van der Waals surface area contributed by atoms with Crippen LogP contribution in [0.1, 0.15) is 6.92 Å². The van der Waals surface area contributed by atoms with Gasteiger partial charge in [0.1, 0.15) is 0 Å². The van der Waals surface area contributed by atoms with Gasteiger partial charge in [-0.3, -0.25) is 4.79 Å². The number of carbonyl (C=O) groups is 1. The molecule has 0 saturated carbocycles. The number of hydrogen-bond acceptors (Lipinski definition) is 1. The Bertz CT molecular complexity index is 300. The summed E-state index contributed by atoms with van der Waals surface area (Å²) in [6.45, 7) is 1.98. The van der Waals surface area contributed by atoms with Crippen LogP contribution in [0.2, 0.25) is 0 Å². The zero-order valence-electron chi connectivity index (χ0n) is 7.78. The fraction of sp³-hybridized carbons (Fsp3) is 0.300. The first-order chi connectivity index (χ1) is 6.66. The monoisotopic (exact) mass is 248 g/mol. The van der Waals surface area contributed by atoms with Crippen LogP contribution in [0.5, 0.6) is 0 Å². The summed E-state index contributed by atoms with van der Waals surface area (Å²) < 4.78 is 0. The molecule has 14 heavy (non-hydrogen) atoms. The lowest BCUT2D eigenvalue weighted by Gasteiger charge is -2.14. The first-order valence-electron chi connectivity index (χ1n) is 4.31. The average molecular weight is 249 g/mol. The largest absolute Gasteiger partial charge is 0.291 e. The number of carbonyl (C=O) groups excluding carboxylic acids is 1. The van der Waals surface area contributed by atoms with Gasteiger partial charge in [-0.1, -0.05) is 60.5 Å². The van der Waals surface area contributed by atoms with Crippen molar-refractivity contribution in [3.8, 4) is 0 Å². The molecule has 1 atom stereocenters. The quantitative estimate of drug-likeness (QED) is 0.591. The molecule has 1 nitrogen and oxygen atoms in total. The van der Waals surface area contributed by atoms with Crippen LogP contribution >= 0.6 is 31.1 Å². The van der Waals surface area contributed by atoms with Crippen LogP contribution in [-0.2, 0) is 4.79 Å². The molecule has 76 valence electrons. The number of rotatable bonds is 4. The third-order valence-corrected chi connectivity index (χ3v) is 4.88. The Kier molecular flexibility index (Phi) is 4.88. The fourth-order valence-corrected chi connectivity index (χ4v) is 3.60. The molecule has 0 aliphatic carbocycles. The lowest BCUT2D eigenvalue weighted by molar-refractivity contribution is -0.110. The number of hydrogen-bond donors (Lipinski definition) is 0. The van der Waals surface area contributed by atoms with E-state index in [9.17, 15) is 4.79 Å². The Balaban J connectivity index is 2.88. The van der Waals surface area contributed by atoms with E-state index in [1.165, 1.54) is 0 Å². The highest BCUT2D eigenvalue weighted by molar-refractivity contribution is 7.82. The van der Waals surface area contributed by atoms with Crippen LogP contribution in [0.4, 0.5) is 0 Å². The van der Waals surface area contributed by atoms with Crippen LogP contribution in [0.25, 0.3) is 0 Å². The zero-order valence-corrected chi connectivity index (χ0v) is 10.2. The first-order valence-corrected chi connectivity index (χ1v) is 6.71. The second-order valence-corrected chi connectivity index (χ2v) is 6.26. The Labute approximate surface area is 95.2 Å². The summed E-state index contributed by atoms with van der Waals surface area (Å²) >= 11 is 11.2. The highest BCUT2D eigenvalue weighted by Gasteiger charge is 2.23. The summed E-state index contributed by atoms with van der Waals surface area (Å²) in [5.41, 5.74) is -0.0583. The molecule has 0 saturated heterocycles. The van der Waals surface area contributed by atoms with Crippen molar-refractivity contribution in [3.05, 3.63) is 30.3 Å². The van der Waals surface area contributed by atoms with E-state index in [4.69, 9.17) is 23.2 Å². The molecular formula is C10H11Cl2OP. The van der Waals surface area contributed by atoms with Crippen LogP contribution in [-0.4, -0.2) is 16.5 Å². The lowest BCUT2D eigenvalue weighted by Crippen LogP contribution is -2.14. The third kappa shape index (κ3) is 2.95. The van der Waals surface area contributed by atoms with Gasteiger partial charge in [0.25, 0.3) is 0 Å². The van der Waals surface area contributed by atoms with Gasteiger partial charge in [0, 0.05) is 0 Å². The second kappa shape index (κ2) is 5.70. The highest BCUT2D eigenvalue weighted by Crippen LogP contribution is 2.38. The molecule has 4 heteroatoms. The molecule has 0 fully saturated rings. The minimum atomic E-state index is -0.902. The number of alkyl halides is 2. The Morgan fingerprint density at radius 2 is 1.93 bits per heavy atom. The van der Waals surface area contributed by atoms with Crippen molar-refractivity contribution in [2.45, 2.75) is 11.8 Å². The normalized spacial score (nSPS) is 12.9. The molecule has 0 heterocycles. The summed E-state index contributed by atoms with van der Waals surface area (Å²) in [5, 5.41) is 1.04. The van der Waals surface area contributed by atoms with Gasteiger partial charge in [0.15, 0.2) is 10.4 Å². The van der Waals surface area contributed by atoms with E-state index in [0.29, 0.717) is 0 Å². The lowest BCUT2D eigenvalue weighted by atomic mass is 10.4. The van der Waals surface area contributed by atoms with Gasteiger partial charge >= 0.3 is 0 Å². The van der Waals surface area contributed by atoms with Crippen molar-refractivity contribution in [1.29, 1.82) is 0 Å². The fourth-order valence-electron chi connectivity index (χ4n) is 1.19. The van der Waals surface area contributed by atoms with Crippen molar-refractivity contribution in [2.24, 2.45) is 0 Å². The van der Waals surface area contributed by atoms with Crippen molar-refractivity contribution < 1.29 is 4.79 Å². The van der Waals surface area contributed by atoms with E-state index in [-0.39, 0.29) is 5.52 Å². The summed E-state index contributed by atoms with van der Waals surface area (Å²) in [7, 11) is -0.857. The molecule has 0 radical (unpaired) electrons. The van der Waals surface area contributed by atoms with Gasteiger partial charge in [-0.2, -0.15) is 0 Å². The van der Waals surface area contributed by atoms with E-state index in [2.05, 4.69) is 0 Å². The molecule has 0 aromatic heterocycles. The number of benzene rings is 1. The molecule has 1 rings (SSSR count). The third-order valence-electron chi connectivity index (χ3n) is 1.84. The van der Waals surface area contributed by atoms with Crippen molar-refractivity contribution in [3.63, 3.8) is 0 Å². The highest BCUT2D eigenvalue weighted by atomic mass is 35.5. The average Bonchev–Trinajstić information content (AvgIpc) is 2.20. The Morgan fingerprint density at radius 1 is 1.36 bits per heavy atom. The summed E-state index contributed by atoms with van der Waals surface area (Å²) in [4.78, 5) is 10.7. The topological polar surface area (TPSA) is 17.1 Å². The maximum absolute atomic E-state index is 11.6. The van der Waals surface area contributed by atoms with Crippen molar-refractivity contribution in [1.82, 2.24) is 0 Å². The molecular weight excluding hydrogens is 238 g/mol. The minimum absolute atomic E-state index is 0.0583. The number of halogens is 2. The van der Waals surface area contributed by atoms with Gasteiger partial charge in [-0.05, 0) is 19.4 Å². The van der Waals surface area contributed by atoms with E-state index in [1.807, 2.05) is 37.3 Å². The zero-order chi connectivity index (χ0) is 10.6. The maximum Gasteiger partial charge on any atom is 0.191 e. The molecule has 1 aromatic rings. The van der Waals surface area contributed by atoms with Crippen molar-refractivity contribution >= 4 is 42.0 Å². The first kappa shape index (κ1) is 12.0. The standard InChI is InChI=1S/C10H11Cl2OP/c1-2-14(10(13)9(11)12)8-6-4-3-5-7-8/h3-7,9H,2H2,1H3. The summed E-state index contributed by atoms with van der Waals surface area (Å²) in [5.74, 6) is 0. The molecule has 1 unspecified atom stereocenters. The predicted octanol–water partition coefficient (Wildman–Crippen LogP) is 3.14. The van der Waals surface area contributed by atoms with E-state index >= 15 is 0 Å². The van der Waals surface area contributed by atoms with Crippen LogP contribution < -0.4 is 5.30 Å². The summed E-state index contributed by atoms with van der Waals surface area (Å²) in [6.07, 6.45) is 0.786. The second-order valence-electron chi connectivity index (χ2n) is 2.72. The molecule has 0 bridgehead atoms. The molecule has 0 N–H and O–H groups in total. The molecule has 1 aromatic carbocycles. The SMILES string of the molecule is CCP(C(=O)C(Cl)Cl)c1ccccc1. The van der Waals surface area contributed by atoms with E-state index in [1.54, 1.807) is 0 Å². The minimum Gasteiger partial charge on any atom is -0.291 e. The predicted molar refractivity (Wildman–Crippen MR) is 64.0 cm³/mol. The van der Waals surface area contributed by atoms with Gasteiger partial charge in [-0.15, -0.1) is 0 Å². The van der Waals surface area contributed by atoms with Crippen LogP contribution in [0.15, 0.2) is 30.3 Å².